The molecule has 6 heteroatoms. The number of aryl methyl sites for hydroxylation is 1. The van der Waals surface area contributed by atoms with Crippen LogP contribution in [-0.2, 0) is 13.6 Å². The van der Waals surface area contributed by atoms with Crippen molar-refractivity contribution in [2.24, 2.45) is 7.05 Å². The van der Waals surface area contributed by atoms with Gasteiger partial charge in [-0.1, -0.05) is 12.1 Å². The van der Waals surface area contributed by atoms with Crippen LogP contribution in [0, 0.1) is 11.3 Å². The zero-order chi connectivity index (χ0) is 14.7. The van der Waals surface area contributed by atoms with Crippen LogP contribution in [-0.4, -0.2) is 14.8 Å². The SMILES string of the molecule is Cn1cnnc1-c1cccc(NCc2ccc(C#N)o2)c1. The third-order valence-corrected chi connectivity index (χ3v) is 3.07. The number of furan rings is 1. The highest BCUT2D eigenvalue weighted by atomic mass is 16.3. The van der Waals surface area contributed by atoms with Gasteiger partial charge in [-0.15, -0.1) is 10.2 Å². The minimum absolute atomic E-state index is 0.319. The van der Waals surface area contributed by atoms with Gasteiger partial charge in [-0.25, -0.2) is 0 Å². The van der Waals surface area contributed by atoms with Gasteiger partial charge in [-0.2, -0.15) is 5.26 Å². The molecule has 1 aromatic carbocycles. The Balaban J connectivity index is 1.75. The number of nitrogens with zero attached hydrogens (tertiary/aromatic N) is 4. The predicted molar refractivity (Wildman–Crippen MR) is 77.2 cm³/mol. The van der Waals surface area contributed by atoms with Gasteiger partial charge in [0.05, 0.1) is 6.54 Å². The van der Waals surface area contributed by atoms with E-state index in [4.69, 9.17) is 9.68 Å². The van der Waals surface area contributed by atoms with Crippen LogP contribution in [0.2, 0.25) is 0 Å². The van der Waals surface area contributed by atoms with Crippen LogP contribution in [0.3, 0.4) is 0 Å². The molecule has 104 valence electrons. The number of hydrogen-bond donors (Lipinski definition) is 1. The monoisotopic (exact) mass is 279 g/mol. The van der Waals surface area contributed by atoms with Crippen molar-refractivity contribution in [3.05, 3.63) is 54.2 Å². The van der Waals surface area contributed by atoms with E-state index in [1.54, 1.807) is 18.5 Å². The first-order chi connectivity index (χ1) is 10.3. The number of hydrogen-bond acceptors (Lipinski definition) is 5. The van der Waals surface area contributed by atoms with E-state index in [1.165, 1.54) is 0 Å². The summed E-state index contributed by atoms with van der Waals surface area (Å²) in [5.74, 6) is 1.85. The van der Waals surface area contributed by atoms with Crippen molar-refractivity contribution in [3.63, 3.8) is 0 Å². The number of benzene rings is 1. The molecule has 0 saturated heterocycles. The number of rotatable bonds is 4. The molecule has 2 aromatic heterocycles. The Bertz CT molecular complexity index is 796. The zero-order valence-electron chi connectivity index (χ0n) is 11.4. The molecule has 0 bridgehead atoms. The summed E-state index contributed by atoms with van der Waals surface area (Å²) in [7, 11) is 1.90. The summed E-state index contributed by atoms with van der Waals surface area (Å²) in [6.45, 7) is 0.518. The summed E-state index contributed by atoms with van der Waals surface area (Å²) in [6.07, 6.45) is 1.67. The van der Waals surface area contributed by atoms with Crippen molar-refractivity contribution >= 4 is 5.69 Å². The molecule has 0 amide bonds. The van der Waals surface area contributed by atoms with Gasteiger partial charge in [0, 0.05) is 18.3 Å². The number of anilines is 1. The molecule has 3 rings (SSSR count). The fourth-order valence-corrected chi connectivity index (χ4v) is 2.03. The Kier molecular flexibility index (Phi) is 3.39. The van der Waals surface area contributed by atoms with Crippen LogP contribution < -0.4 is 5.32 Å². The van der Waals surface area contributed by atoms with Crippen molar-refractivity contribution in [2.45, 2.75) is 6.54 Å². The Morgan fingerprint density at radius 1 is 1.33 bits per heavy atom. The van der Waals surface area contributed by atoms with E-state index in [-0.39, 0.29) is 0 Å². The van der Waals surface area contributed by atoms with Gasteiger partial charge in [-0.05, 0) is 24.3 Å². The van der Waals surface area contributed by atoms with E-state index < -0.39 is 0 Å². The topological polar surface area (TPSA) is 79.7 Å². The first-order valence-electron chi connectivity index (χ1n) is 6.43. The molecular formula is C15H13N5O. The average molecular weight is 279 g/mol. The quantitative estimate of drug-likeness (QED) is 0.794. The normalized spacial score (nSPS) is 10.3. The molecule has 0 unspecified atom stereocenters. The van der Waals surface area contributed by atoms with Crippen molar-refractivity contribution in [2.75, 3.05) is 5.32 Å². The Morgan fingerprint density at radius 2 is 2.24 bits per heavy atom. The first kappa shape index (κ1) is 12.9. The largest absolute Gasteiger partial charge is 0.449 e. The summed E-state index contributed by atoms with van der Waals surface area (Å²) in [5.41, 5.74) is 1.93. The molecule has 0 aliphatic rings. The lowest BCUT2D eigenvalue weighted by molar-refractivity contribution is 0.506. The highest BCUT2D eigenvalue weighted by molar-refractivity contribution is 5.62. The second-order valence-electron chi connectivity index (χ2n) is 4.58. The molecule has 0 aliphatic heterocycles. The maximum Gasteiger partial charge on any atom is 0.203 e. The minimum Gasteiger partial charge on any atom is -0.449 e. The molecule has 2 heterocycles. The van der Waals surface area contributed by atoms with Crippen molar-refractivity contribution in [1.82, 2.24) is 14.8 Å². The Morgan fingerprint density at radius 3 is 2.95 bits per heavy atom. The molecule has 0 radical (unpaired) electrons. The predicted octanol–water partition coefficient (Wildman–Crippen LogP) is 2.56. The van der Waals surface area contributed by atoms with E-state index in [2.05, 4.69) is 15.5 Å². The van der Waals surface area contributed by atoms with Crippen molar-refractivity contribution in [3.8, 4) is 17.5 Å². The van der Waals surface area contributed by atoms with E-state index in [9.17, 15) is 0 Å². The van der Waals surface area contributed by atoms with E-state index in [1.807, 2.05) is 41.9 Å². The van der Waals surface area contributed by atoms with E-state index >= 15 is 0 Å². The standard InChI is InChI=1S/C15H13N5O/c1-20-10-18-19-15(20)11-3-2-4-12(7-11)17-9-14-6-5-13(8-16)21-14/h2-7,10,17H,9H2,1H3. The third-order valence-electron chi connectivity index (χ3n) is 3.07. The molecule has 3 aromatic rings. The molecule has 0 saturated carbocycles. The van der Waals surface area contributed by atoms with Gasteiger partial charge in [-0.3, -0.25) is 0 Å². The van der Waals surface area contributed by atoms with Crippen LogP contribution in [0.5, 0.6) is 0 Å². The number of nitrogens with one attached hydrogen (secondary N) is 1. The van der Waals surface area contributed by atoms with Crippen LogP contribution in [0.1, 0.15) is 11.5 Å². The van der Waals surface area contributed by atoms with Crippen LogP contribution in [0.25, 0.3) is 11.4 Å². The fraction of sp³-hybridized carbons (Fsp3) is 0.133. The smallest absolute Gasteiger partial charge is 0.203 e. The summed E-state index contributed by atoms with van der Waals surface area (Å²) in [6, 6.07) is 13.3. The Labute approximate surface area is 121 Å². The highest BCUT2D eigenvalue weighted by Gasteiger charge is 2.06. The van der Waals surface area contributed by atoms with E-state index in [0.717, 1.165) is 22.8 Å². The first-order valence-corrected chi connectivity index (χ1v) is 6.43. The fourth-order valence-electron chi connectivity index (χ4n) is 2.03. The molecule has 1 N–H and O–H groups in total. The summed E-state index contributed by atoms with van der Waals surface area (Å²) in [4.78, 5) is 0. The highest BCUT2D eigenvalue weighted by Crippen LogP contribution is 2.20. The van der Waals surface area contributed by atoms with Gasteiger partial charge in [0.1, 0.15) is 18.2 Å². The van der Waals surface area contributed by atoms with Gasteiger partial charge in [0.15, 0.2) is 5.82 Å². The molecule has 6 nitrogen and oxygen atoms in total. The molecule has 0 atom stereocenters. The zero-order valence-corrected chi connectivity index (χ0v) is 11.4. The second-order valence-corrected chi connectivity index (χ2v) is 4.58. The minimum atomic E-state index is 0.319. The molecule has 0 aliphatic carbocycles. The Hall–Kier alpha value is -3.07. The number of nitriles is 1. The maximum absolute atomic E-state index is 8.72. The lowest BCUT2D eigenvalue weighted by Gasteiger charge is -2.06. The van der Waals surface area contributed by atoms with Crippen LogP contribution in [0.15, 0.2) is 47.1 Å². The van der Waals surface area contributed by atoms with Crippen molar-refractivity contribution in [1.29, 1.82) is 5.26 Å². The van der Waals surface area contributed by atoms with Gasteiger partial charge in [0.2, 0.25) is 5.76 Å². The summed E-state index contributed by atoms with van der Waals surface area (Å²) in [5, 5.41) is 20.0. The third kappa shape index (κ3) is 2.77. The second kappa shape index (κ2) is 5.51. The molecule has 0 spiro atoms. The van der Waals surface area contributed by atoms with Gasteiger partial charge < -0.3 is 14.3 Å². The van der Waals surface area contributed by atoms with Gasteiger partial charge in [0.25, 0.3) is 0 Å². The van der Waals surface area contributed by atoms with Gasteiger partial charge >= 0.3 is 0 Å². The molecule has 21 heavy (non-hydrogen) atoms. The van der Waals surface area contributed by atoms with Crippen LogP contribution >= 0.6 is 0 Å². The number of aromatic nitrogens is 3. The van der Waals surface area contributed by atoms with E-state index in [0.29, 0.717) is 12.3 Å². The lowest BCUT2D eigenvalue weighted by atomic mass is 10.2. The summed E-state index contributed by atoms with van der Waals surface area (Å²) >= 11 is 0. The maximum atomic E-state index is 8.72. The molecule has 0 fully saturated rings. The van der Waals surface area contributed by atoms with Crippen LogP contribution in [0.4, 0.5) is 5.69 Å². The van der Waals surface area contributed by atoms with Crippen molar-refractivity contribution < 1.29 is 4.42 Å². The molecular weight excluding hydrogens is 266 g/mol. The summed E-state index contributed by atoms with van der Waals surface area (Å²) < 4.78 is 7.19. The lowest BCUT2D eigenvalue weighted by Crippen LogP contribution is -1.99. The average Bonchev–Trinajstić information content (AvgIpc) is 3.14.